The number of methoxy groups -OCH3 is 2. The van der Waals surface area contributed by atoms with Crippen LogP contribution < -0.4 is 19.5 Å². The highest BCUT2D eigenvalue weighted by Crippen LogP contribution is 2.29. The van der Waals surface area contributed by atoms with Crippen LogP contribution in [-0.4, -0.2) is 47.8 Å². The van der Waals surface area contributed by atoms with Crippen LogP contribution in [0.3, 0.4) is 0 Å². The van der Waals surface area contributed by atoms with Gasteiger partial charge in [-0.15, -0.1) is 0 Å². The van der Waals surface area contributed by atoms with Gasteiger partial charge in [-0.25, -0.2) is 13.1 Å². The van der Waals surface area contributed by atoms with Crippen molar-refractivity contribution in [1.82, 2.24) is 4.72 Å². The number of nitrogens with one attached hydrogen (secondary N) is 2. The summed E-state index contributed by atoms with van der Waals surface area (Å²) in [5.41, 5.74) is 1.25. The number of benzene rings is 2. The lowest BCUT2D eigenvalue weighted by Gasteiger charge is -2.13. The van der Waals surface area contributed by atoms with Gasteiger partial charge in [0.1, 0.15) is 0 Å². The lowest BCUT2D eigenvalue weighted by molar-refractivity contribution is -0.111. The minimum absolute atomic E-state index is 0.103. The van der Waals surface area contributed by atoms with Gasteiger partial charge in [0.15, 0.2) is 11.5 Å². The second-order valence-electron chi connectivity index (χ2n) is 7.94. The quantitative estimate of drug-likeness (QED) is 0.453. The summed E-state index contributed by atoms with van der Waals surface area (Å²) in [6.45, 7) is 6.68. The van der Waals surface area contributed by atoms with Crippen molar-refractivity contribution in [3.05, 3.63) is 54.1 Å². The molecule has 9 heteroatoms. The Morgan fingerprint density at radius 3 is 2.30 bits per heavy atom. The first-order chi connectivity index (χ1) is 15.6. The van der Waals surface area contributed by atoms with Gasteiger partial charge in [0, 0.05) is 24.9 Å². The van der Waals surface area contributed by atoms with Crippen molar-refractivity contribution in [1.29, 1.82) is 0 Å². The summed E-state index contributed by atoms with van der Waals surface area (Å²) in [7, 11) is -0.602. The predicted molar refractivity (Wildman–Crippen MR) is 129 cm³/mol. The molecule has 0 spiro atoms. The van der Waals surface area contributed by atoms with E-state index in [4.69, 9.17) is 14.2 Å². The standard InChI is InChI=1S/C24H32N2O6S/c1-17(2)15-32-22-12-6-19(14-23(22)31-5)7-13-24(27)25-20-8-10-21(11-9-20)33(28,29)26-18(3)16-30-4/h6-14,17-18,26H,15-16H2,1-5H3,(H,25,27)/b13-7+. The van der Waals surface area contributed by atoms with Crippen LogP contribution in [0, 0.1) is 5.92 Å². The van der Waals surface area contributed by atoms with Crippen LogP contribution in [0.1, 0.15) is 26.3 Å². The smallest absolute Gasteiger partial charge is 0.248 e. The molecular weight excluding hydrogens is 444 g/mol. The largest absolute Gasteiger partial charge is 0.493 e. The van der Waals surface area contributed by atoms with Crippen molar-refractivity contribution >= 4 is 27.7 Å². The molecule has 2 rings (SSSR count). The van der Waals surface area contributed by atoms with Gasteiger partial charge in [-0.1, -0.05) is 19.9 Å². The maximum atomic E-state index is 12.4. The molecule has 8 nitrogen and oxygen atoms in total. The first kappa shape index (κ1) is 26.4. The van der Waals surface area contributed by atoms with Crippen LogP contribution >= 0.6 is 0 Å². The highest BCUT2D eigenvalue weighted by atomic mass is 32.2. The highest BCUT2D eigenvalue weighted by Gasteiger charge is 2.17. The Hall–Kier alpha value is -2.88. The Morgan fingerprint density at radius 1 is 1.00 bits per heavy atom. The van der Waals surface area contributed by atoms with E-state index < -0.39 is 10.0 Å². The Bertz CT molecular complexity index is 1050. The van der Waals surface area contributed by atoms with E-state index in [0.717, 1.165) is 5.56 Å². The fraction of sp³-hybridized carbons (Fsp3) is 0.375. The molecule has 0 aliphatic carbocycles. The van der Waals surface area contributed by atoms with Gasteiger partial charge in [-0.05, 0) is 60.9 Å². The third-order valence-electron chi connectivity index (χ3n) is 4.39. The number of carbonyl (C=O) groups excluding carboxylic acids is 1. The number of anilines is 1. The van der Waals surface area contributed by atoms with E-state index in [-0.39, 0.29) is 23.5 Å². The first-order valence-corrected chi connectivity index (χ1v) is 12.0. The summed E-state index contributed by atoms with van der Waals surface area (Å²) >= 11 is 0. The maximum absolute atomic E-state index is 12.4. The summed E-state index contributed by atoms with van der Waals surface area (Å²) < 4.78 is 43.3. The minimum atomic E-state index is -3.67. The van der Waals surface area contributed by atoms with E-state index in [2.05, 4.69) is 23.9 Å². The topological polar surface area (TPSA) is 103 Å². The SMILES string of the molecule is COCC(C)NS(=O)(=O)c1ccc(NC(=O)/C=C/c2ccc(OCC(C)C)c(OC)c2)cc1. The molecule has 0 saturated carbocycles. The molecule has 2 aromatic carbocycles. The second kappa shape index (κ2) is 12.4. The number of amides is 1. The van der Waals surface area contributed by atoms with Crippen LogP contribution in [-0.2, 0) is 19.6 Å². The monoisotopic (exact) mass is 476 g/mol. The summed E-state index contributed by atoms with van der Waals surface area (Å²) in [6, 6.07) is 11.0. The molecule has 2 N–H and O–H groups in total. The zero-order valence-corrected chi connectivity index (χ0v) is 20.4. The van der Waals surface area contributed by atoms with E-state index in [0.29, 0.717) is 29.7 Å². The predicted octanol–water partition coefficient (Wildman–Crippen LogP) is 3.70. The van der Waals surface area contributed by atoms with E-state index in [9.17, 15) is 13.2 Å². The van der Waals surface area contributed by atoms with Gasteiger partial charge in [-0.2, -0.15) is 0 Å². The lowest BCUT2D eigenvalue weighted by Crippen LogP contribution is -2.35. The number of hydrogen-bond acceptors (Lipinski definition) is 6. The van der Waals surface area contributed by atoms with Crippen molar-refractivity contribution in [3.63, 3.8) is 0 Å². The molecule has 180 valence electrons. The third-order valence-corrected chi connectivity index (χ3v) is 6.00. The first-order valence-electron chi connectivity index (χ1n) is 10.6. The average Bonchev–Trinajstić information content (AvgIpc) is 2.76. The molecular formula is C24H32N2O6S. The number of carbonyl (C=O) groups is 1. The summed E-state index contributed by atoms with van der Waals surface area (Å²) in [5, 5.41) is 2.71. The van der Waals surface area contributed by atoms with Crippen molar-refractivity contribution in [2.45, 2.75) is 31.7 Å². The molecule has 0 heterocycles. The Kier molecular flexibility index (Phi) is 9.90. The van der Waals surface area contributed by atoms with Gasteiger partial charge in [0.25, 0.3) is 0 Å². The fourth-order valence-corrected chi connectivity index (χ4v) is 4.08. The summed E-state index contributed by atoms with van der Waals surface area (Å²) in [5.74, 6) is 1.27. The van der Waals surface area contributed by atoms with Gasteiger partial charge in [-0.3, -0.25) is 4.79 Å². The molecule has 0 fully saturated rings. The normalized spacial score (nSPS) is 12.7. The van der Waals surface area contributed by atoms with Gasteiger partial charge >= 0.3 is 0 Å². The van der Waals surface area contributed by atoms with Crippen molar-refractivity contribution in [2.24, 2.45) is 5.92 Å². The van der Waals surface area contributed by atoms with Gasteiger partial charge in [0.05, 0.1) is 25.2 Å². The molecule has 1 amide bonds. The number of rotatable bonds is 12. The van der Waals surface area contributed by atoms with Crippen molar-refractivity contribution in [3.8, 4) is 11.5 Å². The molecule has 0 saturated heterocycles. The number of ether oxygens (including phenoxy) is 3. The number of hydrogen-bond donors (Lipinski definition) is 2. The third kappa shape index (κ3) is 8.53. The average molecular weight is 477 g/mol. The van der Waals surface area contributed by atoms with Crippen molar-refractivity contribution < 1.29 is 27.4 Å². The lowest BCUT2D eigenvalue weighted by atomic mass is 10.2. The fourth-order valence-electron chi connectivity index (χ4n) is 2.85. The Balaban J connectivity index is 2.00. The highest BCUT2D eigenvalue weighted by molar-refractivity contribution is 7.89. The molecule has 1 atom stereocenters. The van der Waals surface area contributed by atoms with E-state index in [1.807, 2.05) is 6.07 Å². The summed E-state index contributed by atoms with van der Waals surface area (Å²) in [6.07, 6.45) is 3.05. The molecule has 0 aliphatic heterocycles. The zero-order chi connectivity index (χ0) is 24.4. The van der Waals surface area contributed by atoms with E-state index >= 15 is 0 Å². The van der Waals surface area contributed by atoms with Crippen LogP contribution in [0.25, 0.3) is 6.08 Å². The van der Waals surface area contributed by atoms with E-state index in [1.165, 1.54) is 37.5 Å². The molecule has 1 unspecified atom stereocenters. The van der Waals surface area contributed by atoms with Crippen molar-refractivity contribution in [2.75, 3.05) is 32.8 Å². The van der Waals surface area contributed by atoms with E-state index in [1.54, 1.807) is 32.2 Å². The summed E-state index contributed by atoms with van der Waals surface area (Å²) in [4.78, 5) is 12.4. The molecule has 0 radical (unpaired) electrons. The second-order valence-corrected chi connectivity index (χ2v) is 9.65. The van der Waals surface area contributed by atoms with Crippen LogP contribution in [0.4, 0.5) is 5.69 Å². The Morgan fingerprint density at radius 2 is 1.70 bits per heavy atom. The van der Waals surface area contributed by atoms with Crippen LogP contribution in [0.2, 0.25) is 0 Å². The Labute approximate surface area is 196 Å². The van der Waals surface area contributed by atoms with Gasteiger partial charge in [0.2, 0.25) is 15.9 Å². The zero-order valence-electron chi connectivity index (χ0n) is 19.6. The van der Waals surface area contributed by atoms with Crippen LogP contribution in [0.5, 0.6) is 11.5 Å². The molecule has 33 heavy (non-hydrogen) atoms. The molecule has 0 bridgehead atoms. The molecule has 0 aromatic heterocycles. The molecule has 2 aromatic rings. The minimum Gasteiger partial charge on any atom is -0.493 e. The van der Waals surface area contributed by atoms with Crippen LogP contribution in [0.15, 0.2) is 53.4 Å². The van der Waals surface area contributed by atoms with Gasteiger partial charge < -0.3 is 19.5 Å². The maximum Gasteiger partial charge on any atom is 0.248 e. The molecule has 0 aliphatic rings. The number of sulfonamides is 1.